The summed E-state index contributed by atoms with van der Waals surface area (Å²) in [5.74, 6) is 4.95. The lowest BCUT2D eigenvalue weighted by molar-refractivity contribution is 1.18. The standard InChI is InChI=1S/C9H8N4O/c10-11-5-8-9(14)13-7-4-2-1-3-6(7)12-8/h1-5H,10H2,(H,13,14)/b11-5+. The molecule has 0 radical (unpaired) electrons. The first kappa shape index (κ1) is 8.43. The molecule has 0 aliphatic carbocycles. The van der Waals surface area contributed by atoms with E-state index in [2.05, 4.69) is 15.1 Å². The number of aromatic nitrogens is 2. The van der Waals surface area contributed by atoms with E-state index in [4.69, 9.17) is 5.84 Å². The highest BCUT2D eigenvalue weighted by Crippen LogP contribution is 2.04. The van der Waals surface area contributed by atoms with Gasteiger partial charge in [0, 0.05) is 0 Å². The number of nitrogens with one attached hydrogen (secondary N) is 1. The maximum absolute atomic E-state index is 11.4. The molecule has 0 atom stereocenters. The summed E-state index contributed by atoms with van der Waals surface area (Å²) < 4.78 is 0. The van der Waals surface area contributed by atoms with Gasteiger partial charge in [0.05, 0.1) is 17.2 Å². The van der Waals surface area contributed by atoms with Crippen LogP contribution in [0.25, 0.3) is 11.0 Å². The number of nitrogens with two attached hydrogens (primary N) is 1. The molecule has 1 aromatic carbocycles. The van der Waals surface area contributed by atoms with Crippen LogP contribution in [-0.4, -0.2) is 16.2 Å². The number of hydrazone groups is 1. The molecule has 0 fully saturated rings. The zero-order valence-electron chi connectivity index (χ0n) is 7.27. The molecule has 0 saturated carbocycles. The van der Waals surface area contributed by atoms with Crippen LogP contribution in [-0.2, 0) is 0 Å². The first-order valence-corrected chi connectivity index (χ1v) is 4.03. The van der Waals surface area contributed by atoms with Gasteiger partial charge in [0.15, 0.2) is 0 Å². The Bertz CT molecular complexity index is 544. The quantitative estimate of drug-likeness (QED) is 0.381. The van der Waals surface area contributed by atoms with Crippen LogP contribution < -0.4 is 11.4 Å². The summed E-state index contributed by atoms with van der Waals surface area (Å²) in [6, 6.07) is 7.26. The van der Waals surface area contributed by atoms with Gasteiger partial charge in [-0.05, 0) is 12.1 Å². The van der Waals surface area contributed by atoms with Gasteiger partial charge in [-0.3, -0.25) is 4.79 Å². The molecule has 0 aliphatic heterocycles. The van der Waals surface area contributed by atoms with Crippen molar-refractivity contribution in [2.45, 2.75) is 0 Å². The van der Waals surface area contributed by atoms with Gasteiger partial charge in [0.2, 0.25) is 0 Å². The van der Waals surface area contributed by atoms with Crippen molar-refractivity contribution >= 4 is 17.2 Å². The smallest absolute Gasteiger partial charge is 0.276 e. The molecule has 1 heterocycles. The van der Waals surface area contributed by atoms with Crippen molar-refractivity contribution in [2.24, 2.45) is 10.9 Å². The summed E-state index contributed by atoms with van der Waals surface area (Å²) in [4.78, 5) is 18.1. The maximum Gasteiger partial charge on any atom is 0.276 e. The minimum Gasteiger partial charge on any atom is -0.323 e. The normalized spacial score (nSPS) is 11.1. The highest BCUT2D eigenvalue weighted by atomic mass is 16.1. The summed E-state index contributed by atoms with van der Waals surface area (Å²) in [6.07, 6.45) is 1.23. The van der Waals surface area contributed by atoms with Gasteiger partial charge in [-0.1, -0.05) is 12.1 Å². The Kier molecular flexibility index (Phi) is 1.98. The Morgan fingerprint density at radius 1 is 1.43 bits per heavy atom. The molecule has 3 N–H and O–H groups in total. The Morgan fingerprint density at radius 2 is 2.21 bits per heavy atom. The van der Waals surface area contributed by atoms with Crippen molar-refractivity contribution in [3.8, 4) is 0 Å². The predicted octanol–water partition coefficient (Wildman–Crippen LogP) is 0.216. The number of para-hydroxylation sites is 2. The molecule has 5 heteroatoms. The largest absolute Gasteiger partial charge is 0.323 e. The minimum absolute atomic E-state index is 0.214. The molecule has 14 heavy (non-hydrogen) atoms. The minimum atomic E-state index is -0.294. The Balaban J connectivity index is 2.77. The summed E-state index contributed by atoms with van der Waals surface area (Å²) in [5, 5.41) is 3.27. The molecule has 2 aromatic rings. The SMILES string of the molecule is N/N=C/c1nc2ccccc2[nH]c1=O. The average Bonchev–Trinajstić information content (AvgIpc) is 2.19. The van der Waals surface area contributed by atoms with Crippen molar-refractivity contribution in [2.75, 3.05) is 0 Å². The summed E-state index contributed by atoms with van der Waals surface area (Å²) in [7, 11) is 0. The second-order valence-electron chi connectivity index (χ2n) is 2.75. The van der Waals surface area contributed by atoms with Crippen LogP contribution in [0.3, 0.4) is 0 Å². The van der Waals surface area contributed by atoms with E-state index >= 15 is 0 Å². The first-order chi connectivity index (χ1) is 6.81. The van der Waals surface area contributed by atoms with Gasteiger partial charge in [0.25, 0.3) is 5.56 Å². The highest BCUT2D eigenvalue weighted by Gasteiger charge is 2.00. The fraction of sp³-hybridized carbons (Fsp3) is 0. The monoisotopic (exact) mass is 188 g/mol. The number of hydrogen-bond donors (Lipinski definition) is 2. The van der Waals surface area contributed by atoms with Crippen LogP contribution in [0.4, 0.5) is 0 Å². The van der Waals surface area contributed by atoms with Gasteiger partial charge < -0.3 is 10.8 Å². The molecule has 70 valence electrons. The molecular weight excluding hydrogens is 180 g/mol. The van der Waals surface area contributed by atoms with E-state index in [1.54, 1.807) is 12.1 Å². The van der Waals surface area contributed by atoms with E-state index in [-0.39, 0.29) is 11.3 Å². The number of nitrogens with zero attached hydrogens (tertiary/aromatic N) is 2. The fourth-order valence-corrected chi connectivity index (χ4v) is 1.20. The lowest BCUT2D eigenvalue weighted by atomic mass is 10.3. The Labute approximate surface area is 79.3 Å². The van der Waals surface area contributed by atoms with Gasteiger partial charge in [-0.15, -0.1) is 0 Å². The average molecular weight is 188 g/mol. The van der Waals surface area contributed by atoms with Crippen molar-refractivity contribution in [1.29, 1.82) is 0 Å². The van der Waals surface area contributed by atoms with E-state index < -0.39 is 0 Å². The van der Waals surface area contributed by atoms with Crippen LogP contribution in [0.1, 0.15) is 5.69 Å². The highest BCUT2D eigenvalue weighted by molar-refractivity contribution is 5.81. The number of fused-ring (bicyclic) bond motifs is 1. The summed E-state index contributed by atoms with van der Waals surface area (Å²) in [5.41, 5.74) is 1.33. The van der Waals surface area contributed by atoms with Gasteiger partial charge in [-0.2, -0.15) is 5.10 Å². The predicted molar refractivity (Wildman–Crippen MR) is 54.1 cm³/mol. The van der Waals surface area contributed by atoms with E-state index in [1.165, 1.54) is 6.21 Å². The molecule has 0 amide bonds. The molecule has 0 saturated heterocycles. The van der Waals surface area contributed by atoms with Crippen LogP contribution in [0.15, 0.2) is 34.2 Å². The van der Waals surface area contributed by atoms with Crippen molar-refractivity contribution in [3.63, 3.8) is 0 Å². The van der Waals surface area contributed by atoms with Gasteiger partial charge in [0.1, 0.15) is 5.69 Å². The first-order valence-electron chi connectivity index (χ1n) is 4.03. The molecule has 1 aromatic heterocycles. The molecule has 5 nitrogen and oxygen atoms in total. The molecule has 0 unspecified atom stereocenters. The third kappa shape index (κ3) is 1.35. The van der Waals surface area contributed by atoms with Crippen LogP contribution in [0.2, 0.25) is 0 Å². The maximum atomic E-state index is 11.4. The van der Waals surface area contributed by atoms with E-state index in [1.807, 2.05) is 12.1 Å². The molecule has 0 aliphatic rings. The van der Waals surface area contributed by atoms with Crippen molar-refractivity contribution in [3.05, 3.63) is 40.3 Å². The number of aromatic amines is 1. The third-order valence-corrected chi connectivity index (χ3v) is 1.82. The van der Waals surface area contributed by atoms with Crippen molar-refractivity contribution in [1.82, 2.24) is 9.97 Å². The third-order valence-electron chi connectivity index (χ3n) is 1.82. The summed E-state index contributed by atoms with van der Waals surface area (Å²) in [6.45, 7) is 0. The van der Waals surface area contributed by atoms with Gasteiger partial charge >= 0.3 is 0 Å². The topological polar surface area (TPSA) is 84.1 Å². The zero-order chi connectivity index (χ0) is 9.97. The van der Waals surface area contributed by atoms with Crippen molar-refractivity contribution < 1.29 is 0 Å². The van der Waals surface area contributed by atoms with E-state index in [0.717, 1.165) is 0 Å². The molecule has 0 spiro atoms. The number of hydrogen-bond acceptors (Lipinski definition) is 4. The van der Waals surface area contributed by atoms with Crippen LogP contribution in [0.5, 0.6) is 0 Å². The lowest BCUT2D eigenvalue weighted by Crippen LogP contribution is -2.14. The second-order valence-corrected chi connectivity index (χ2v) is 2.75. The number of rotatable bonds is 1. The molecule has 0 bridgehead atoms. The number of H-pyrrole nitrogens is 1. The zero-order valence-corrected chi connectivity index (χ0v) is 7.27. The second kappa shape index (κ2) is 3.29. The Hall–Kier alpha value is -2.17. The molecular formula is C9H8N4O. The van der Waals surface area contributed by atoms with Gasteiger partial charge in [-0.25, -0.2) is 4.98 Å². The molecule has 2 rings (SSSR count). The van der Waals surface area contributed by atoms with E-state index in [0.29, 0.717) is 11.0 Å². The fourth-order valence-electron chi connectivity index (χ4n) is 1.20. The Morgan fingerprint density at radius 3 is 3.00 bits per heavy atom. The number of benzene rings is 1. The lowest BCUT2D eigenvalue weighted by Gasteiger charge is -1.96. The van der Waals surface area contributed by atoms with E-state index in [9.17, 15) is 4.79 Å². The summed E-state index contributed by atoms with van der Waals surface area (Å²) >= 11 is 0. The van der Waals surface area contributed by atoms with Crippen LogP contribution >= 0.6 is 0 Å². The van der Waals surface area contributed by atoms with Crippen LogP contribution in [0, 0.1) is 0 Å².